The van der Waals surface area contributed by atoms with Gasteiger partial charge >= 0.3 is 0 Å². The zero-order valence-electron chi connectivity index (χ0n) is 17.3. The summed E-state index contributed by atoms with van der Waals surface area (Å²) in [5, 5.41) is 0. The smallest absolute Gasteiger partial charge is 0.289 e. The number of likely N-dealkylation sites (tertiary alicyclic amines) is 1. The number of H-pyrrole nitrogens is 1. The van der Waals surface area contributed by atoms with E-state index >= 15 is 0 Å². The molecule has 2 fully saturated rings. The van der Waals surface area contributed by atoms with Crippen LogP contribution in [0.5, 0.6) is 0 Å². The summed E-state index contributed by atoms with van der Waals surface area (Å²) >= 11 is 0. The van der Waals surface area contributed by atoms with Crippen LogP contribution in [0.4, 0.5) is 5.82 Å². The van der Waals surface area contributed by atoms with Gasteiger partial charge in [-0.05, 0) is 43.5 Å². The van der Waals surface area contributed by atoms with Gasteiger partial charge in [0.2, 0.25) is 0 Å². The molecule has 4 aromatic rings. The summed E-state index contributed by atoms with van der Waals surface area (Å²) in [4.78, 5) is 34.8. The van der Waals surface area contributed by atoms with E-state index in [0.717, 1.165) is 46.7 Å². The average Bonchev–Trinajstić information content (AvgIpc) is 3.22. The zero-order valence-corrected chi connectivity index (χ0v) is 17.3. The molecule has 2 aromatic carbocycles. The van der Waals surface area contributed by atoms with Crippen LogP contribution in [-0.2, 0) is 0 Å². The van der Waals surface area contributed by atoms with Gasteiger partial charge < -0.3 is 14.8 Å². The molecule has 6 rings (SSSR count). The van der Waals surface area contributed by atoms with Gasteiger partial charge in [0.1, 0.15) is 0 Å². The number of hydrogen-bond donors (Lipinski definition) is 1. The number of hydrogen-bond acceptors (Lipinski definition) is 5. The van der Waals surface area contributed by atoms with E-state index in [0.29, 0.717) is 18.9 Å². The lowest BCUT2D eigenvalue weighted by atomic mass is 9.94. The van der Waals surface area contributed by atoms with Gasteiger partial charge in [0.15, 0.2) is 11.6 Å². The summed E-state index contributed by atoms with van der Waals surface area (Å²) in [5.74, 6) is 1.54. The van der Waals surface area contributed by atoms with Crippen molar-refractivity contribution in [3.63, 3.8) is 0 Å². The Morgan fingerprint density at radius 1 is 0.839 bits per heavy atom. The predicted molar refractivity (Wildman–Crippen MR) is 120 cm³/mol. The Kier molecular flexibility index (Phi) is 4.33. The molecule has 2 aromatic heterocycles. The molecule has 156 valence electrons. The van der Waals surface area contributed by atoms with E-state index in [1.165, 1.54) is 19.3 Å². The lowest BCUT2D eigenvalue weighted by Crippen LogP contribution is -2.49. The summed E-state index contributed by atoms with van der Waals surface area (Å²) in [6, 6.07) is 15.8. The van der Waals surface area contributed by atoms with Crippen molar-refractivity contribution in [3.8, 4) is 0 Å². The molecule has 1 amide bonds. The van der Waals surface area contributed by atoms with Crippen molar-refractivity contribution in [1.29, 1.82) is 0 Å². The number of aromatic nitrogens is 4. The third kappa shape index (κ3) is 3.21. The lowest BCUT2D eigenvalue weighted by Gasteiger charge is -2.40. The number of rotatable bonds is 3. The van der Waals surface area contributed by atoms with Crippen molar-refractivity contribution in [2.75, 3.05) is 31.1 Å². The SMILES string of the molecule is O=C(c1nc2ccccc2[nH]1)N1CC(c2nc3ccccc3nc2N2CCCCC2)C1. The largest absolute Gasteiger partial charge is 0.355 e. The third-order valence-corrected chi connectivity index (χ3v) is 6.38. The van der Waals surface area contributed by atoms with E-state index in [-0.39, 0.29) is 11.8 Å². The summed E-state index contributed by atoms with van der Waals surface area (Å²) < 4.78 is 0. The maximum atomic E-state index is 13.0. The van der Waals surface area contributed by atoms with Crippen LogP contribution in [0.15, 0.2) is 48.5 Å². The highest BCUT2D eigenvalue weighted by molar-refractivity contribution is 5.94. The van der Waals surface area contributed by atoms with E-state index in [2.05, 4.69) is 14.9 Å². The minimum absolute atomic E-state index is 0.0549. The molecule has 7 heteroatoms. The Hall–Kier alpha value is -3.48. The van der Waals surface area contributed by atoms with Crippen LogP contribution in [0.1, 0.15) is 41.5 Å². The lowest BCUT2D eigenvalue weighted by molar-refractivity contribution is 0.0587. The number of aromatic amines is 1. The first-order chi connectivity index (χ1) is 15.3. The molecular formula is C24H24N6O. The molecule has 0 atom stereocenters. The van der Waals surface area contributed by atoms with Crippen molar-refractivity contribution >= 4 is 33.8 Å². The van der Waals surface area contributed by atoms with Crippen LogP contribution in [-0.4, -0.2) is 56.9 Å². The van der Waals surface area contributed by atoms with Gasteiger partial charge in [-0.1, -0.05) is 24.3 Å². The number of benzene rings is 2. The fourth-order valence-corrected chi connectivity index (χ4v) is 4.64. The first-order valence-electron chi connectivity index (χ1n) is 11.0. The Labute approximate surface area is 180 Å². The topological polar surface area (TPSA) is 78.0 Å². The number of carbonyl (C=O) groups excluding carboxylic acids is 1. The van der Waals surface area contributed by atoms with Crippen molar-refractivity contribution in [1.82, 2.24) is 24.8 Å². The fraction of sp³-hybridized carbons (Fsp3) is 0.333. The van der Waals surface area contributed by atoms with E-state index in [9.17, 15) is 4.79 Å². The summed E-state index contributed by atoms with van der Waals surface area (Å²) in [7, 11) is 0. The summed E-state index contributed by atoms with van der Waals surface area (Å²) in [6.45, 7) is 3.33. The van der Waals surface area contributed by atoms with Gasteiger partial charge in [-0.25, -0.2) is 15.0 Å². The van der Waals surface area contributed by atoms with Gasteiger partial charge in [0.25, 0.3) is 5.91 Å². The van der Waals surface area contributed by atoms with Crippen molar-refractivity contribution in [2.24, 2.45) is 0 Å². The molecule has 7 nitrogen and oxygen atoms in total. The van der Waals surface area contributed by atoms with Gasteiger partial charge in [-0.15, -0.1) is 0 Å². The molecule has 0 unspecified atom stereocenters. The maximum Gasteiger partial charge on any atom is 0.289 e. The summed E-state index contributed by atoms with van der Waals surface area (Å²) in [5.41, 5.74) is 4.57. The van der Waals surface area contributed by atoms with E-state index in [4.69, 9.17) is 9.97 Å². The van der Waals surface area contributed by atoms with Crippen molar-refractivity contribution in [2.45, 2.75) is 25.2 Å². The molecule has 31 heavy (non-hydrogen) atoms. The normalized spacial score (nSPS) is 17.3. The monoisotopic (exact) mass is 412 g/mol. The number of nitrogens with zero attached hydrogens (tertiary/aromatic N) is 5. The average molecular weight is 412 g/mol. The Balaban J connectivity index is 1.27. The number of amides is 1. The molecule has 2 saturated heterocycles. The van der Waals surface area contributed by atoms with Crippen molar-refractivity contribution < 1.29 is 4.79 Å². The molecule has 0 bridgehead atoms. The van der Waals surface area contributed by atoms with Crippen LogP contribution < -0.4 is 4.90 Å². The molecule has 4 heterocycles. The second-order valence-electron chi connectivity index (χ2n) is 8.48. The molecular weight excluding hydrogens is 388 g/mol. The maximum absolute atomic E-state index is 13.0. The molecule has 2 aliphatic rings. The van der Waals surface area contributed by atoms with Crippen LogP contribution in [0.25, 0.3) is 22.1 Å². The number of para-hydroxylation sites is 4. The number of piperidine rings is 1. The Morgan fingerprint density at radius 2 is 1.52 bits per heavy atom. The molecule has 0 saturated carbocycles. The number of carbonyl (C=O) groups is 1. The third-order valence-electron chi connectivity index (χ3n) is 6.38. The van der Waals surface area contributed by atoms with Crippen molar-refractivity contribution in [3.05, 3.63) is 60.0 Å². The minimum atomic E-state index is -0.0549. The minimum Gasteiger partial charge on any atom is -0.355 e. The van der Waals surface area contributed by atoms with Crippen LogP contribution >= 0.6 is 0 Å². The van der Waals surface area contributed by atoms with E-state index in [1.807, 2.05) is 53.4 Å². The van der Waals surface area contributed by atoms with Gasteiger partial charge in [0, 0.05) is 32.1 Å². The highest BCUT2D eigenvalue weighted by Gasteiger charge is 2.37. The number of fused-ring (bicyclic) bond motifs is 2. The Morgan fingerprint density at radius 3 is 2.26 bits per heavy atom. The summed E-state index contributed by atoms with van der Waals surface area (Å²) in [6.07, 6.45) is 3.65. The molecule has 1 N–H and O–H groups in total. The highest BCUT2D eigenvalue weighted by atomic mass is 16.2. The van der Waals surface area contributed by atoms with E-state index in [1.54, 1.807) is 0 Å². The van der Waals surface area contributed by atoms with Crippen LogP contribution in [0.3, 0.4) is 0 Å². The molecule has 0 aliphatic carbocycles. The number of nitrogens with one attached hydrogen (secondary N) is 1. The molecule has 2 aliphatic heterocycles. The first-order valence-corrected chi connectivity index (χ1v) is 11.0. The van der Waals surface area contributed by atoms with Gasteiger partial charge in [-0.3, -0.25) is 4.79 Å². The second kappa shape index (κ2) is 7.34. The quantitative estimate of drug-likeness (QED) is 0.555. The van der Waals surface area contributed by atoms with Crippen LogP contribution in [0, 0.1) is 0 Å². The zero-order chi connectivity index (χ0) is 20.8. The first kappa shape index (κ1) is 18.3. The van der Waals surface area contributed by atoms with Gasteiger partial charge in [-0.2, -0.15) is 0 Å². The van der Waals surface area contributed by atoms with E-state index < -0.39 is 0 Å². The second-order valence-corrected chi connectivity index (χ2v) is 8.48. The Bertz CT molecular complexity index is 1240. The standard InChI is InChI=1S/C24H24N6O/c31-24(22-26-18-9-3-4-10-19(18)27-22)30-14-16(15-30)21-23(29-12-6-1-7-13-29)28-20-11-5-2-8-17(20)25-21/h2-5,8-11,16H,1,6-7,12-15H2,(H,26,27). The number of anilines is 1. The fourth-order valence-electron chi connectivity index (χ4n) is 4.64. The predicted octanol–water partition coefficient (Wildman–Crippen LogP) is 3.74. The molecule has 0 spiro atoms. The number of imidazole rings is 1. The van der Waals surface area contributed by atoms with Crippen LogP contribution in [0.2, 0.25) is 0 Å². The molecule has 0 radical (unpaired) electrons. The van der Waals surface area contributed by atoms with Gasteiger partial charge in [0.05, 0.1) is 27.8 Å². The highest BCUT2D eigenvalue weighted by Crippen LogP contribution is 2.34.